The van der Waals surface area contributed by atoms with Gasteiger partial charge in [0, 0.05) is 5.92 Å². The smallest absolute Gasteiger partial charge is 0.318 e. The molecule has 0 aromatic heterocycles. The second-order valence-corrected chi connectivity index (χ2v) is 5.98. The van der Waals surface area contributed by atoms with Crippen LogP contribution in [-0.2, 0) is 23.9 Å². The molecule has 3 atom stereocenters. The summed E-state index contributed by atoms with van der Waals surface area (Å²) < 4.78 is 10.1. The highest BCUT2D eigenvalue weighted by atomic mass is 16.6. The summed E-state index contributed by atoms with van der Waals surface area (Å²) in [6.07, 6.45) is -0.134. The van der Waals surface area contributed by atoms with Gasteiger partial charge in [-0.1, -0.05) is 0 Å². The van der Waals surface area contributed by atoms with E-state index < -0.39 is 41.3 Å². The van der Waals surface area contributed by atoms with Crippen molar-refractivity contribution in [1.29, 1.82) is 0 Å². The standard InChI is InChI=1S/C14H23NO6/c1-5-20-13(19)11-8(9(7-16)15-12(11)18)6-10(17)21-14(2,3)4/h8-9,11,16H,5-7H2,1-4H3,(H,15,18)/t8-,9-,11+/m1/s1. The van der Waals surface area contributed by atoms with E-state index in [9.17, 15) is 19.5 Å². The van der Waals surface area contributed by atoms with Gasteiger partial charge in [0.15, 0.2) is 0 Å². The minimum Gasteiger partial charge on any atom is -0.465 e. The zero-order chi connectivity index (χ0) is 16.2. The van der Waals surface area contributed by atoms with Crippen LogP contribution in [-0.4, -0.2) is 47.8 Å². The molecule has 0 aromatic rings. The molecule has 0 aliphatic carbocycles. The minimum absolute atomic E-state index is 0.134. The third kappa shape index (κ3) is 4.70. The molecule has 7 heteroatoms. The molecule has 0 spiro atoms. The molecule has 0 aromatic carbocycles. The van der Waals surface area contributed by atoms with Crippen molar-refractivity contribution in [3.8, 4) is 0 Å². The average molecular weight is 301 g/mol. The van der Waals surface area contributed by atoms with E-state index in [-0.39, 0.29) is 19.6 Å². The maximum absolute atomic E-state index is 11.9. The molecule has 21 heavy (non-hydrogen) atoms. The van der Waals surface area contributed by atoms with Crippen molar-refractivity contribution >= 4 is 17.8 Å². The predicted octanol–water partition coefficient (Wildman–Crippen LogP) is 0.00440. The molecule has 7 nitrogen and oxygen atoms in total. The van der Waals surface area contributed by atoms with E-state index in [1.54, 1.807) is 27.7 Å². The van der Waals surface area contributed by atoms with Crippen LogP contribution in [0.25, 0.3) is 0 Å². The van der Waals surface area contributed by atoms with Crippen molar-refractivity contribution < 1.29 is 29.0 Å². The third-order valence-corrected chi connectivity index (χ3v) is 3.11. The molecular weight excluding hydrogens is 278 g/mol. The molecule has 1 rings (SSSR count). The first-order valence-corrected chi connectivity index (χ1v) is 6.99. The Bertz CT molecular complexity index is 414. The summed E-state index contributed by atoms with van der Waals surface area (Å²) in [5, 5.41) is 11.8. The number of esters is 2. The normalized spacial score (nSPS) is 25.4. The van der Waals surface area contributed by atoms with Gasteiger partial charge in [-0.05, 0) is 27.7 Å². The van der Waals surface area contributed by atoms with Crippen LogP contribution >= 0.6 is 0 Å². The van der Waals surface area contributed by atoms with Crippen LogP contribution in [0, 0.1) is 11.8 Å². The lowest BCUT2D eigenvalue weighted by molar-refractivity contribution is -0.158. The van der Waals surface area contributed by atoms with Crippen molar-refractivity contribution in [1.82, 2.24) is 5.32 Å². The first-order chi connectivity index (χ1) is 9.69. The molecule has 0 unspecified atom stereocenters. The van der Waals surface area contributed by atoms with E-state index in [1.807, 2.05) is 0 Å². The average Bonchev–Trinajstić information content (AvgIpc) is 2.63. The maximum atomic E-state index is 11.9. The van der Waals surface area contributed by atoms with Crippen LogP contribution in [0.2, 0.25) is 0 Å². The number of amides is 1. The van der Waals surface area contributed by atoms with Crippen LogP contribution < -0.4 is 5.32 Å². The Hall–Kier alpha value is -1.63. The lowest BCUT2D eigenvalue weighted by atomic mass is 9.87. The number of ether oxygens (including phenoxy) is 2. The largest absolute Gasteiger partial charge is 0.465 e. The molecule has 1 amide bonds. The summed E-state index contributed by atoms with van der Waals surface area (Å²) in [4.78, 5) is 35.7. The van der Waals surface area contributed by atoms with E-state index in [0.29, 0.717) is 0 Å². The number of rotatable bonds is 5. The molecule has 0 bridgehead atoms. The fourth-order valence-electron chi connectivity index (χ4n) is 2.34. The van der Waals surface area contributed by atoms with Gasteiger partial charge < -0.3 is 19.9 Å². The lowest BCUT2D eigenvalue weighted by Gasteiger charge is -2.23. The summed E-state index contributed by atoms with van der Waals surface area (Å²) in [5.41, 5.74) is -0.652. The molecule has 1 saturated heterocycles. The Morgan fingerprint density at radius 2 is 1.95 bits per heavy atom. The van der Waals surface area contributed by atoms with Crippen molar-refractivity contribution in [2.24, 2.45) is 11.8 Å². The van der Waals surface area contributed by atoms with Gasteiger partial charge in [0.25, 0.3) is 0 Å². The van der Waals surface area contributed by atoms with Crippen molar-refractivity contribution in [3.05, 3.63) is 0 Å². The summed E-state index contributed by atoms with van der Waals surface area (Å²) in [6, 6.07) is -0.653. The molecule has 1 fully saturated rings. The van der Waals surface area contributed by atoms with Crippen molar-refractivity contribution in [2.75, 3.05) is 13.2 Å². The zero-order valence-corrected chi connectivity index (χ0v) is 12.8. The quantitative estimate of drug-likeness (QED) is 0.547. The Morgan fingerprint density at radius 1 is 1.33 bits per heavy atom. The number of carbonyl (C=O) groups excluding carboxylic acids is 3. The topological polar surface area (TPSA) is 102 Å². The fraction of sp³-hybridized carbons (Fsp3) is 0.786. The fourth-order valence-corrected chi connectivity index (χ4v) is 2.34. The molecule has 1 aliphatic heterocycles. The number of hydrogen-bond donors (Lipinski definition) is 2. The Kier molecular flexibility index (Phi) is 5.71. The molecule has 0 saturated carbocycles. The number of carbonyl (C=O) groups is 3. The van der Waals surface area contributed by atoms with Crippen LogP contribution in [0.5, 0.6) is 0 Å². The molecular formula is C14H23NO6. The van der Waals surface area contributed by atoms with Crippen LogP contribution in [0.15, 0.2) is 0 Å². The second kappa shape index (κ2) is 6.89. The Balaban J connectivity index is 2.84. The van der Waals surface area contributed by atoms with Gasteiger partial charge in [-0.2, -0.15) is 0 Å². The zero-order valence-electron chi connectivity index (χ0n) is 12.8. The van der Waals surface area contributed by atoms with E-state index in [4.69, 9.17) is 9.47 Å². The van der Waals surface area contributed by atoms with E-state index in [0.717, 1.165) is 0 Å². The van der Waals surface area contributed by atoms with Gasteiger partial charge in [-0.25, -0.2) is 0 Å². The van der Waals surface area contributed by atoms with Gasteiger partial charge >= 0.3 is 11.9 Å². The first-order valence-electron chi connectivity index (χ1n) is 6.99. The summed E-state index contributed by atoms with van der Waals surface area (Å²) >= 11 is 0. The Morgan fingerprint density at radius 3 is 2.43 bits per heavy atom. The molecule has 1 heterocycles. The van der Waals surface area contributed by atoms with Gasteiger partial charge in [0.2, 0.25) is 5.91 Å². The van der Waals surface area contributed by atoms with Crippen LogP contribution in [0.4, 0.5) is 0 Å². The molecule has 0 radical (unpaired) electrons. The SMILES string of the molecule is CCOC(=O)[C@@H]1C(=O)N[C@H](CO)[C@H]1CC(=O)OC(C)(C)C. The van der Waals surface area contributed by atoms with Crippen LogP contribution in [0.3, 0.4) is 0 Å². The number of hydrogen-bond acceptors (Lipinski definition) is 6. The molecule has 1 aliphatic rings. The molecule has 2 N–H and O–H groups in total. The Labute approximate surface area is 124 Å². The maximum Gasteiger partial charge on any atom is 0.318 e. The summed E-state index contributed by atoms with van der Waals surface area (Å²) in [6.45, 7) is 6.62. The van der Waals surface area contributed by atoms with Crippen molar-refractivity contribution in [3.63, 3.8) is 0 Å². The van der Waals surface area contributed by atoms with Gasteiger partial charge in [-0.15, -0.1) is 0 Å². The number of aliphatic hydroxyl groups is 1. The first kappa shape index (κ1) is 17.4. The van der Waals surface area contributed by atoms with Gasteiger partial charge in [0.1, 0.15) is 11.5 Å². The third-order valence-electron chi connectivity index (χ3n) is 3.11. The highest BCUT2D eigenvalue weighted by molar-refractivity contribution is 6.00. The minimum atomic E-state index is -1.09. The van der Waals surface area contributed by atoms with Crippen LogP contribution in [0.1, 0.15) is 34.1 Å². The van der Waals surface area contributed by atoms with Gasteiger partial charge in [-0.3, -0.25) is 14.4 Å². The molecule has 120 valence electrons. The summed E-state index contributed by atoms with van der Waals surface area (Å²) in [5.74, 6) is -3.48. The number of aliphatic hydroxyl groups excluding tert-OH is 1. The van der Waals surface area contributed by atoms with Crippen molar-refractivity contribution in [2.45, 2.75) is 45.8 Å². The summed E-state index contributed by atoms with van der Waals surface area (Å²) in [7, 11) is 0. The van der Waals surface area contributed by atoms with Gasteiger partial charge in [0.05, 0.1) is 25.7 Å². The number of nitrogens with one attached hydrogen (secondary N) is 1. The van der Waals surface area contributed by atoms with E-state index >= 15 is 0 Å². The lowest BCUT2D eigenvalue weighted by Crippen LogP contribution is -2.35. The predicted molar refractivity (Wildman–Crippen MR) is 73.1 cm³/mol. The monoisotopic (exact) mass is 301 g/mol. The van der Waals surface area contributed by atoms with E-state index in [1.165, 1.54) is 0 Å². The highest BCUT2D eigenvalue weighted by Gasteiger charge is 2.48. The highest BCUT2D eigenvalue weighted by Crippen LogP contribution is 2.29. The van der Waals surface area contributed by atoms with E-state index in [2.05, 4.69) is 5.32 Å². The second-order valence-electron chi connectivity index (χ2n) is 5.98.